The first kappa shape index (κ1) is 17.0. The zero-order valence-electron chi connectivity index (χ0n) is 14.4. The number of hydrogen-bond donors (Lipinski definition) is 3. The second-order valence-corrected chi connectivity index (χ2v) is 6.97. The Kier molecular flexibility index (Phi) is 5.19. The monoisotopic (exact) mass is 329 g/mol. The summed E-state index contributed by atoms with van der Waals surface area (Å²) in [5.41, 5.74) is 1.37. The van der Waals surface area contributed by atoms with E-state index in [9.17, 15) is 9.59 Å². The summed E-state index contributed by atoms with van der Waals surface area (Å²) in [7, 11) is 0. The van der Waals surface area contributed by atoms with Crippen LogP contribution in [0.15, 0.2) is 24.3 Å². The summed E-state index contributed by atoms with van der Waals surface area (Å²) in [5.74, 6) is 0.560. The SMILES string of the molecule is CCNC(=O)c1cccc(CNC(=O)[C@@]23CCCC[C@H]2CNC3)c1. The molecule has 1 aliphatic carbocycles. The van der Waals surface area contributed by atoms with Crippen molar-refractivity contribution < 1.29 is 9.59 Å². The predicted molar refractivity (Wildman–Crippen MR) is 93.6 cm³/mol. The number of hydrogen-bond acceptors (Lipinski definition) is 3. The van der Waals surface area contributed by atoms with Crippen molar-refractivity contribution in [2.45, 2.75) is 39.2 Å². The molecule has 1 aromatic carbocycles. The number of nitrogens with one attached hydrogen (secondary N) is 3. The van der Waals surface area contributed by atoms with E-state index >= 15 is 0 Å². The van der Waals surface area contributed by atoms with Crippen molar-refractivity contribution in [2.75, 3.05) is 19.6 Å². The van der Waals surface area contributed by atoms with E-state index in [1.54, 1.807) is 6.07 Å². The summed E-state index contributed by atoms with van der Waals surface area (Å²) in [6, 6.07) is 7.47. The first-order chi connectivity index (χ1) is 11.7. The number of amides is 2. The molecule has 3 N–H and O–H groups in total. The number of fused-ring (bicyclic) bond motifs is 1. The summed E-state index contributed by atoms with van der Waals surface area (Å²) in [5, 5.41) is 9.33. The second-order valence-electron chi connectivity index (χ2n) is 6.97. The normalized spacial score (nSPS) is 25.8. The molecule has 2 fully saturated rings. The minimum Gasteiger partial charge on any atom is -0.352 e. The molecule has 1 aromatic rings. The lowest BCUT2D eigenvalue weighted by Crippen LogP contribution is -2.47. The third kappa shape index (κ3) is 3.31. The van der Waals surface area contributed by atoms with E-state index < -0.39 is 0 Å². The number of carbonyl (C=O) groups is 2. The Morgan fingerprint density at radius 3 is 3.00 bits per heavy atom. The molecule has 1 aliphatic heterocycles. The van der Waals surface area contributed by atoms with E-state index in [0.717, 1.165) is 37.9 Å². The lowest BCUT2D eigenvalue weighted by atomic mass is 9.67. The molecule has 24 heavy (non-hydrogen) atoms. The summed E-state index contributed by atoms with van der Waals surface area (Å²) in [6.07, 6.45) is 4.50. The third-order valence-electron chi connectivity index (χ3n) is 5.47. The molecule has 0 spiro atoms. The fourth-order valence-electron chi connectivity index (χ4n) is 4.13. The smallest absolute Gasteiger partial charge is 0.251 e. The molecule has 2 amide bonds. The molecule has 0 bridgehead atoms. The molecule has 1 heterocycles. The van der Waals surface area contributed by atoms with E-state index in [1.165, 1.54) is 6.42 Å². The van der Waals surface area contributed by atoms with E-state index in [-0.39, 0.29) is 17.2 Å². The number of benzene rings is 1. The van der Waals surface area contributed by atoms with Gasteiger partial charge in [0, 0.05) is 25.2 Å². The fourth-order valence-corrected chi connectivity index (χ4v) is 4.13. The van der Waals surface area contributed by atoms with E-state index in [0.29, 0.717) is 24.6 Å². The fraction of sp³-hybridized carbons (Fsp3) is 0.579. The van der Waals surface area contributed by atoms with E-state index in [4.69, 9.17) is 0 Å². The van der Waals surface area contributed by atoms with Crippen molar-refractivity contribution in [1.82, 2.24) is 16.0 Å². The van der Waals surface area contributed by atoms with Crippen LogP contribution in [0.4, 0.5) is 0 Å². The van der Waals surface area contributed by atoms with Crippen LogP contribution in [-0.2, 0) is 11.3 Å². The first-order valence-electron chi connectivity index (χ1n) is 9.02. The van der Waals surface area contributed by atoms with Gasteiger partial charge in [-0.05, 0) is 49.9 Å². The van der Waals surface area contributed by atoms with Crippen LogP contribution in [0.2, 0.25) is 0 Å². The Bertz CT molecular complexity index is 616. The maximum atomic E-state index is 12.9. The van der Waals surface area contributed by atoms with Crippen LogP contribution in [0.1, 0.15) is 48.5 Å². The van der Waals surface area contributed by atoms with Crippen molar-refractivity contribution in [1.29, 1.82) is 0 Å². The highest BCUT2D eigenvalue weighted by Crippen LogP contribution is 2.43. The molecular weight excluding hydrogens is 302 g/mol. The lowest BCUT2D eigenvalue weighted by molar-refractivity contribution is -0.134. The minimum absolute atomic E-state index is 0.0726. The largest absolute Gasteiger partial charge is 0.352 e. The van der Waals surface area contributed by atoms with Crippen LogP contribution < -0.4 is 16.0 Å². The van der Waals surface area contributed by atoms with Gasteiger partial charge in [-0.25, -0.2) is 0 Å². The van der Waals surface area contributed by atoms with Gasteiger partial charge in [-0.15, -0.1) is 0 Å². The van der Waals surface area contributed by atoms with E-state index in [1.807, 2.05) is 25.1 Å². The van der Waals surface area contributed by atoms with Gasteiger partial charge < -0.3 is 16.0 Å². The molecular formula is C19H27N3O2. The minimum atomic E-state index is -0.227. The Balaban J connectivity index is 1.64. The van der Waals surface area contributed by atoms with Crippen LogP contribution in [-0.4, -0.2) is 31.4 Å². The van der Waals surface area contributed by atoms with Crippen molar-refractivity contribution in [3.05, 3.63) is 35.4 Å². The average Bonchev–Trinajstić information content (AvgIpc) is 3.05. The second kappa shape index (κ2) is 7.34. The molecule has 2 aliphatic rings. The van der Waals surface area contributed by atoms with Gasteiger partial charge in [0.2, 0.25) is 5.91 Å². The zero-order chi connectivity index (χ0) is 17.0. The lowest BCUT2D eigenvalue weighted by Gasteiger charge is -2.37. The Hall–Kier alpha value is -1.88. The van der Waals surface area contributed by atoms with Crippen molar-refractivity contribution in [3.8, 4) is 0 Å². The highest BCUT2D eigenvalue weighted by molar-refractivity contribution is 5.94. The molecule has 5 heteroatoms. The molecule has 0 unspecified atom stereocenters. The van der Waals surface area contributed by atoms with Gasteiger partial charge in [0.05, 0.1) is 5.41 Å². The summed E-state index contributed by atoms with van der Waals surface area (Å²) in [4.78, 5) is 24.8. The van der Waals surface area contributed by atoms with Crippen LogP contribution in [0.3, 0.4) is 0 Å². The molecule has 3 rings (SSSR count). The van der Waals surface area contributed by atoms with Crippen molar-refractivity contribution >= 4 is 11.8 Å². The molecule has 0 radical (unpaired) electrons. The van der Waals surface area contributed by atoms with Gasteiger partial charge in [-0.3, -0.25) is 9.59 Å². The first-order valence-corrected chi connectivity index (χ1v) is 9.02. The quantitative estimate of drug-likeness (QED) is 0.772. The topological polar surface area (TPSA) is 70.2 Å². The predicted octanol–water partition coefficient (Wildman–Crippen LogP) is 1.83. The van der Waals surface area contributed by atoms with Gasteiger partial charge in [0.1, 0.15) is 0 Å². The average molecular weight is 329 g/mol. The number of carbonyl (C=O) groups excluding carboxylic acids is 2. The standard InChI is InChI=1S/C19H27N3O2/c1-2-21-17(23)15-7-5-6-14(10-15)11-22-18(24)19-9-4-3-8-16(19)12-20-13-19/h5-7,10,16,20H,2-4,8-9,11-13H2,1H3,(H,21,23)(H,22,24)/t16-,19+/m0/s1. The van der Waals surface area contributed by atoms with Crippen LogP contribution in [0.25, 0.3) is 0 Å². The molecule has 2 atom stereocenters. The summed E-state index contributed by atoms with van der Waals surface area (Å²) < 4.78 is 0. The Labute approximate surface area is 143 Å². The Morgan fingerprint density at radius 1 is 1.29 bits per heavy atom. The third-order valence-corrected chi connectivity index (χ3v) is 5.47. The van der Waals surface area contributed by atoms with Gasteiger partial charge in [0.25, 0.3) is 5.91 Å². The maximum absolute atomic E-state index is 12.9. The van der Waals surface area contributed by atoms with Crippen LogP contribution in [0.5, 0.6) is 0 Å². The van der Waals surface area contributed by atoms with Crippen LogP contribution >= 0.6 is 0 Å². The van der Waals surface area contributed by atoms with Gasteiger partial charge >= 0.3 is 0 Å². The highest BCUT2D eigenvalue weighted by atomic mass is 16.2. The summed E-state index contributed by atoms with van der Waals surface area (Å²) in [6.45, 7) is 4.73. The van der Waals surface area contributed by atoms with Gasteiger partial charge in [-0.1, -0.05) is 25.0 Å². The Morgan fingerprint density at radius 2 is 2.17 bits per heavy atom. The number of rotatable bonds is 5. The molecule has 1 saturated carbocycles. The van der Waals surface area contributed by atoms with Crippen molar-refractivity contribution in [2.24, 2.45) is 11.3 Å². The molecule has 0 aromatic heterocycles. The van der Waals surface area contributed by atoms with E-state index in [2.05, 4.69) is 16.0 Å². The highest BCUT2D eigenvalue weighted by Gasteiger charge is 2.49. The molecule has 1 saturated heterocycles. The van der Waals surface area contributed by atoms with Gasteiger partial charge in [-0.2, -0.15) is 0 Å². The zero-order valence-corrected chi connectivity index (χ0v) is 14.4. The van der Waals surface area contributed by atoms with Gasteiger partial charge in [0.15, 0.2) is 0 Å². The molecule has 130 valence electrons. The van der Waals surface area contributed by atoms with Crippen molar-refractivity contribution in [3.63, 3.8) is 0 Å². The van der Waals surface area contributed by atoms with Crippen LogP contribution in [0, 0.1) is 11.3 Å². The summed E-state index contributed by atoms with van der Waals surface area (Å²) >= 11 is 0. The maximum Gasteiger partial charge on any atom is 0.251 e. The molecule has 5 nitrogen and oxygen atoms in total.